The molecular weight excluding hydrogens is 318 g/mol. The zero-order chi connectivity index (χ0) is 14.6. The van der Waals surface area contributed by atoms with Crippen molar-refractivity contribution in [3.8, 4) is 0 Å². The number of halogens is 1. The van der Waals surface area contributed by atoms with Gasteiger partial charge < -0.3 is 21.9 Å². The number of carboxylic acid groups (broad SMARTS) is 1. The molecule has 0 spiro atoms. The van der Waals surface area contributed by atoms with Gasteiger partial charge in [0.1, 0.15) is 6.04 Å². The third kappa shape index (κ3) is 4.25. The molecule has 0 radical (unpaired) electrons. The molecule has 0 aliphatic carbocycles. The van der Waals surface area contributed by atoms with Crippen molar-refractivity contribution in [3.63, 3.8) is 0 Å². The molecule has 102 valence electrons. The fourth-order valence-electron chi connectivity index (χ4n) is 1.35. The van der Waals surface area contributed by atoms with Crippen LogP contribution in [0.3, 0.4) is 0 Å². The number of carbonyl (C=O) groups is 3. The number of primary amides is 1. The molecule has 19 heavy (non-hydrogen) atoms. The first-order valence-corrected chi connectivity index (χ1v) is 5.97. The summed E-state index contributed by atoms with van der Waals surface area (Å²) in [6.45, 7) is 0. The quantitative estimate of drug-likeness (QED) is 0.567. The predicted octanol–water partition coefficient (Wildman–Crippen LogP) is 0.0897. The highest BCUT2D eigenvalue weighted by atomic mass is 79.9. The number of benzene rings is 1. The molecule has 1 rings (SSSR count). The Bertz CT molecular complexity index is 533. The minimum Gasteiger partial charge on any atom is -0.480 e. The van der Waals surface area contributed by atoms with Gasteiger partial charge in [0.25, 0.3) is 5.91 Å². The van der Waals surface area contributed by atoms with Crippen molar-refractivity contribution in [1.29, 1.82) is 0 Å². The summed E-state index contributed by atoms with van der Waals surface area (Å²) in [6.07, 6.45) is -0.485. The average Bonchev–Trinajstić information content (AvgIpc) is 2.30. The van der Waals surface area contributed by atoms with Crippen LogP contribution in [0, 0.1) is 0 Å². The number of hydrogen-bond donors (Lipinski definition) is 4. The summed E-state index contributed by atoms with van der Waals surface area (Å²) in [5.41, 5.74) is 11.0. The van der Waals surface area contributed by atoms with Gasteiger partial charge >= 0.3 is 5.97 Å². The van der Waals surface area contributed by atoms with E-state index in [0.29, 0.717) is 10.2 Å². The lowest BCUT2D eigenvalue weighted by Gasteiger charge is -2.13. The highest BCUT2D eigenvalue weighted by molar-refractivity contribution is 9.10. The van der Waals surface area contributed by atoms with Gasteiger partial charge in [-0.2, -0.15) is 0 Å². The van der Waals surface area contributed by atoms with E-state index in [1.54, 1.807) is 12.1 Å². The monoisotopic (exact) mass is 329 g/mol. The number of nitrogens with one attached hydrogen (secondary N) is 1. The van der Waals surface area contributed by atoms with Crippen LogP contribution >= 0.6 is 15.9 Å². The molecule has 0 unspecified atom stereocenters. The van der Waals surface area contributed by atoms with Crippen molar-refractivity contribution in [1.82, 2.24) is 5.32 Å². The molecular formula is C11H12BrN3O4. The maximum absolute atomic E-state index is 11.9. The molecule has 0 aliphatic rings. The topological polar surface area (TPSA) is 136 Å². The van der Waals surface area contributed by atoms with Crippen LogP contribution < -0.4 is 16.8 Å². The first kappa shape index (κ1) is 15.0. The highest BCUT2D eigenvalue weighted by Crippen LogP contribution is 2.19. The molecule has 7 nitrogen and oxygen atoms in total. The summed E-state index contributed by atoms with van der Waals surface area (Å²) in [5, 5.41) is 11.1. The second kappa shape index (κ2) is 6.19. The first-order chi connectivity index (χ1) is 8.81. The van der Waals surface area contributed by atoms with Gasteiger partial charge in [-0.15, -0.1) is 0 Å². The van der Waals surface area contributed by atoms with Gasteiger partial charge in [-0.05, 0) is 34.1 Å². The van der Waals surface area contributed by atoms with E-state index < -0.39 is 30.2 Å². The third-order valence-electron chi connectivity index (χ3n) is 2.24. The summed E-state index contributed by atoms with van der Waals surface area (Å²) in [5.74, 6) is -2.82. The van der Waals surface area contributed by atoms with Crippen LogP contribution in [0.15, 0.2) is 22.7 Å². The van der Waals surface area contributed by atoms with E-state index in [4.69, 9.17) is 16.6 Å². The number of hydrogen-bond acceptors (Lipinski definition) is 4. The fraction of sp³-hybridized carbons (Fsp3) is 0.182. The van der Waals surface area contributed by atoms with Crippen molar-refractivity contribution in [2.24, 2.45) is 5.73 Å². The molecule has 6 N–H and O–H groups in total. The minimum absolute atomic E-state index is 0.177. The van der Waals surface area contributed by atoms with Crippen molar-refractivity contribution in [2.75, 3.05) is 5.73 Å². The van der Waals surface area contributed by atoms with Gasteiger partial charge in [0.2, 0.25) is 5.91 Å². The zero-order valence-electron chi connectivity index (χ0n) is 9.72. The van der Waals surface area contributed by atoms with E-state index in [-0.39, 0.29) is 5.56 Å². The molecule has 2 amide bonds. The summed E-state index contributed by atoms with van der Waals surface area (Å²) < 4.78 is 0.461. The SMILES string of the molecule is NC(=O)C[C@H](NC(=O)c1cc(N)ccc1Br)C(=O)O. The van der Waals surface area contributed by atoms with Crippen molar-refractivity contribution in [2.45, 2.75) is 12.5 Å². The lowest BCUT2D eigenvalue weighted by molar-refractivity contribution is -0.140. The number of nitrogens with two attached hydrogens (primary N) is 2. The Labute approximate surface area is 117 Å². The van der Waals surface area contributed by atoms with Crippen LogP contribution in [0.25, 0.3) is 0 Å². The van der Waals surface area contributed by atoms with Gasteiger partial charge in [-0.3, -0.25) is 9.59 Å². The molecule has 8 heteroatoms. The second-order valence-electron chi connectivity index (χ2n) is 3.77. The maximum Gasteiger partial charge on any atom is 0.326 e. The van der Waals surface area contributed by atoms with E-state index in [1.807, 2.05) is 0 Å². The lowest BCUT2D eigenvalue weighted by Crippen LogP contribution is -2.43. The Hall–Kier alpha value is -2.09. The molecule has 1 aromatic rings. The Balaban J connectivity index is 2.90. The first-order valence-electron chi connectivity index (χ1n) is 5.18. The van der Waals surface area contributed by atoms with Crippen LogP contribution in [-0.2, 0) is 9.59 Å². The Morgan fingerprint density at radius 2 is 2.00 bits per heavy atom. The summed E-state index contributed by atoms with van der Waals surface area (Å²) in [6, 6.07) is 3.16. The van der Waals surface area contributed by atoms with E-state index in [0.717, 1.165) is 0 Å². The molecule has 0 aliphatic heterocycles. The second-order valence-corrected chi connectivity index (χ2v) is 4.63. The lowest BCUT2D eigenvalue weighted by atomic mass is 10.1. The normalized spacial score (nSPS) is 11.6. The van der Waals surface area contributed by atoms with Crippen molar-refractivity contribution < 1.29 is 19.5 Å². The molecule has 0 saturated heterocycles. The van der Waals surface area contributed by atoms with Crippen LogP contribution in [-0.4, -0.2) is 28.9 Å². The molecule has 0 saturated carbocycles. The number of rotatable bonds is 5. The van der Waals surface area contributed by atoms with Crippen LogP contribution in [0.4, 0.5) is 5.69 Å². The fourth-order valence-corrected chi connectivity index (χ4v) is 1.78. The number of amides is 2. The van der Waals surface area contributed by atoms with E-state index in [2.05, 4.69) is 21.2 Å². The van der Waals surface area contributed by atoms with Gasteiger partial charge in [-0.1, -0.05) is 0 Å². The molecule has 0 aromatic heterocycles. The number of nitrogen functional groups attached to an aromatic ring is 1. The average molecular weight is 330 g/mol. The maximum atomic E-state index is 11.9. The summed E-state index contributed by atoms with van der Waals surface area (Å²) in [7, 11) is 0. The molecule has 0 heterocycles. The Morgan fingerprint density at radius 1 is 1.37 bits per heavy atom. The number of carbonyl (C=O) groups excluding carboxylic acids is 2. The third-order valence-corrected chi connectivity index (χ3v) is 2.94. The number of aliphatic carboxylic acids is 1. The smallest absolute Gasteiger partial charge is 0.326 e. The largest absolute Gasteiger partial charge is 0.480 e. The minimum atomic E-state index is -1.38. The zero-order valence-corrected chi connectivity index (χ0v) is 11.3. The van der Waals surface area contributed by atoms with Crippen LogP contribution in [0.1, 0.15) is 16.8 Å². The standard InChI is InChI=1S/C11H12BrN3O4/c12-7-2-1-5(13)3-6(7)10(17)15-8(11(18)19)4-9(14)16/h1-3,8H,4,13H2,(H2,14,16)(H,15,17)(H,18,19)/t8-/m0/s1. The van der Waals surface area contributed by atoms with Gasteiger partial charge in [0, 0.05) is 10.2 Å². The molecule has 1 aromatic carbocycles. The predicted molar refractivity (Wildman–Crippen MR) is 71.3 cm³/mol. The van der Waals surface area contributed by atoms with Gasteiger partial charge in [0.15, 0.2) is 0 Å². The molecule has 0 fully saturated rings. The summed E-state index contributed by atoms with van der Waals surface area (Å²) in [4.78, 5) is 33.5. The van der Waals surface area contributed by atoms with E-state index in [9.17, 15) is 14.4 Å². The molecule has 1 atom stereocenters. The van der Waals surface area contributed by atoms with E-state index >= 15 is 0 Å². The summed E-state index contributed by atoms with van der Waals surface area (Å²) >= 11 is 3.15. The van der Waals surface area contributed by atoms with Gasteiger partial charge in [0.05, 0.1) is 12.0 Å². The van der Waals surface area contributed by atoms with Gasteiger partial charge in [-0.25, -0.2) is 4.79 Å². The number of carboxylic acids is 1. The van der Waals surface area contributed by atoms with Crippen LogP contribution in [0.5, 0.6) is 0 Å². The van der Waals surface area contributed by atoms with Crippen molar-refractivity contribution in [3.05, 3.63) is 28.2 Å². The Kier molecular flexibility index (Phi) is 4.87. The van der Waals surface area contributed by atoms with E-state index in [1.165, 1.54) is 6.07 Å². The van der Waals surface area contributed by atoms with Crippen molar-refractivity contribution >= 4 is 39.4 Å². The number of anilines is 1. The molecule has 0 bridgehead atoms. The Morgan fingerprint density at radius 3 is 2.53 bits per heavy atom. The highest BCUT2D eigenvalue weighted by Gasteiger charge is 2.23. The van der Waals surface area contributed by atoms with Crippen LogP contribution in [0.2, 0.25) is 0 Å².